The number of nitrogens with one attached hydrogen (secondary N) is 1. The summed E-state index contributed by atoms with van der Waals surface area (Å²) in [5, 5.41) is 1.11. The predicted octanol–water partition coefficient (Wildman–Crippen LogP) is 7.41. The Kier molecular flexibility index (Phi) is 7.28. The molecule has 0 aromatic heterocycles. The average Bonchev–Trinajstić information content (AvgIpc) is 2.67. The van der Waals surface area contributed by atoms with Crippen molar-refractivity contribution in [3.05, 3.63) is 52.0 Å². The summed E-state index contributed by atoms with van der Waals surface area (Å²) in [7, 11) is 0. The number of nitrogen functional groups attached to an aromatic ring is 1. The second kappa shape index (κ2) is 8.87. The van der Waals surface area contributed by atoms with E-state index in [1.807, 2.05) is 0 Å². The van der Waals surface area contributed by atoms with Gasteiger partial charge in [0.15, 0.2) is 0 Å². The number of nitrogens with two attached hydrogens (primary N) is 1. The molecule has 17 heteroatoms. The summed E-state index contributed by atoms with van der Waals surface area (Å²) in [6.07, 6.45) is -20.0. The lowest BCUT2D eigenvalue weighted by atomic mass is 9.86. The maximum Gasteiger partial charge on any atom is 0.457 e. The molecule has 3 N–H and O–H groups in total. The van der Waals surface area contributed by atoms with Crippen LogP contribution in [0.1, 0.15) is 21.5 Å². The number of rotatable bonds is 4. The molecule has 0 saturated carbocycles. The number of halogens is 13. The maximum absolute atomic E-state index is 14.7. The fourth-order valence-electron chi connectivity index (χ4n) is 2.80. The van der Waals surface area contributed by atoms with Crippen molar-refractivity contribution in [1.82, 2.24) is 0 Å². The van der Waals surface area contributed by atoms with E-state index in [1.165, 1.54) is 6.07 Å². The second-order valence-corrected chi connectivity index (χ2v) is 7.67. The van der Waals surface area contributed by atoms with Crippen molar-refractivity contribution in [2.24, 2.45) is 0 Å². The van der Waals surface area contributed by atoms with Gasteiger partial charge in [-0.15, -0.1) is 12.6 Å². The summed E-state index contributed by atoms with van der Waals surface area (Å²) in [6.45, 7) is 0. The van der Waals surface area contributed by atoms with Crippen LogP contribution in [-0.4, -0.2) is 24.2 Å². The van der Waals surface area contributed by atoms with Crippen LogP contribution in [0.3, 0.4) is 0 Å². The van der Waals surface area contributed by atoms with Crippen LogP contribution in [0.4, 0.5) is 64.1 Å². The average molecular weight is 565 g/mol. The molecule has 1 amide bonds. The number of amides is 1. The maximum atomic E-state index is 14.7. The third-order valence-electron chi connectivity index (χ3n) is 4.51. The number of carbonyl (C=O) groups excluding carboxylic acids is 1. The second-order valence-electron chi connectivity index (χ2n) is 6.81. The standard InChI is InChI=1S/C18H9ClF12N2OS/c19-11-7(2-1-3-9(11)32)13(34)33-12-8(15(21,22)23)4-6(5-10(12)35)14(20,17(26,27)28)16(24,25)18(29,30)31/h1-5,35H,32H2,(H,33,34). The molecule has 0 aliphatic heterocycles. The Hall–Kier alpha value is -2.49. The first-order valence-corrected chi connectivity index (χ1v) is 9.40. The lowest BCUT2D eigenvalue weighted by molar-refractivity contribution is -0.389. The van der Waals surface area contributed by atoms with Gasteiger partial charge in [0.05, 0.1) is 27.5 Å². The largest absolute Gasteiger partial charge is 0.457 e. The van der Waals surface area contributed by atoms with Gasteiger partial charge in [-0.1, -0.05) is 17.7 Å². The summed E-state index contributed by atoms with van der Waals surface area (Å²) >= 11 is 9.13. The Morgan fingerprint density at radius 3 is 1.89 bits per heavy atom. The fraction of sp³-hybridized carbons (Fsp3) is 0.278. The van der Waals surface area contributed by atoms with Gasteiger partial charge in [0.25, 0.3) is 5.91 Å². The SMILES string of the molecule is Nc1cccc(C(=O)Nc2c(S)cc(C(F)(C(F)(F)F)C(F)(F)C(F)(F)F)cc2C(F)(F)F)c1Cl. The van der Waals surface area contributed by atoms with E-state index in [2.05, 4.69) is 12.6 Å². The molecule has 2 aromatic carbocycles. The molecule has 0 fully saturated rings. The molecule has 0 bridgehead atoms. The van der Waals surface area contributed by atoms with Gasteiger partial charge < -0.3 is 11.1 Å². The van der Waals surface area contributed by atoms with Gasteiger partial charge in [-0.05, 0) is 24.3 Å². The van der Waals surface area contributed by atoms with Crippen molar-refractivity contribution in [3.63, 3.8) is 0 Å². The van der Waals surface area contributed by atoms with E-state index < -0.39 is 80.5 Å². The fourth-order valence-corrected chi connectivity index (χ4v) is 3.33. The summed E-state index contributed by atoms with van der Waals surface area (Å²) in [6, 6.07) is 1.93. The molecular weight excluding hydrogens is 556 g/mol. The van der Waals surface area contributed by atoms with E-state index in [-0.39, 0.29) is 5.69 Å². The molecule has 0 saturated heterocycles. The lowest BCUT2D eigenvalue weighted by Gasteiger charge is -2.36. The van der Waals surface area contributed by atoms with Gasteiger partial charge in [-0.2, -0.15) is 48.3 Å². The normalized spacial score (nSPS) is 15.0. The van der Waals surface area contributed by atoms with Crippen LogP contribution in [0.15, 0.2) is 35.2 Å². The lowest BCUT2D eigenvalue weighted by Crippen LogP contribution is -2.59. The summed E-state index contributed by atoms with van der Waals surface area (Å²) in [4.78, 5) is 11.0. The number of thiol groups is 1. The van der Waals surface area contributed by atoms with Crippen LogP contribution in [0, 0.1) is 0 Å². The predicted molar refractivity (Wildman–Crippen MR) is 102 cm³/mol. The first-order chi connectivity index (χ1) is 15.6. The highest BCUT2D eigenvalue weighted by Gasteiger charge is 2.81. The number of benzene rings is 2. The zero-order valence-corrected chi connectivity index (χ0v) is 17.9. The van der Waals surface area contributed by atoms with Crippen LogP contribution in [0.5, 0.6) is 0 Å². The molecule has 0 aliphatic rings. The Balaban J connectivity index is 2.80. The molecule has 0 aliphatic carbocycles. The summed E-state index contributed by atoms with van der Waals surface area (Å²) in [5.41, 5.74) is -8.61. The van der Waals surface area contributed by atoms with E-state index in [4.69, 9.17) is 17.3 Å². The van der Waals surface area contributed by atoms with Crippen LogP contribution < -0.4 is 11.1 Å². The minimum absolute atomic E-state index is 0.210. The number of anilines is 2. The molecule has 35 heavy (non-hydrogen) atoms. The Labute approximate surface area is 197 Å². The number of carbonyl (C=O) groups is 1. The molecule has 3 nitrogen and oxygen atoms in total. The van der Waals surface area contributed by atoms with Gasteiger partial charge in [0.2, 0.25) is 0 Å². The highest BCUT2D eigenvalue weighted by atomic mass is 35.5. The molecular formula is C18H9ClF12N2OS. The minimum Gasteiger partial charge on any atom is -0.398 e. The van der Waals surface area contributed by atoms with Crippen molar-refractivity contribution < 1.29 is 57.5 Å². The van der Waals surface area contributed by atoms with Crippen molar-refractivity contribution in [3.8, 4) is 0 Å². The molecule has 194 valence electrons. The molecule has 0 heterocycles. The summed E-state index contributed by atoms with van der Waals surface area (Å²) < 4.78 is 161. The Morgan fingerprint density at radius 1 is 0.886 bits per heavy atom. The third kappa shape index (κ3) is 4.94. The number of hydrogen-bond donors (Lipinski definition) is 3. The molecule has 0 radical (unpaired) electrons. The van der Waals surface area contributed by atoms with E-state index >= 15 is 0 Å². The van der Waals surface area contributed by atoms with Crippen LogP contribution in [0.25, 0.3) is 0 Å². The van der Waals surface area contributed by atoms with Crippen molar-refractivity contribution in [2.75, 3.05) is 11.1 Å². The van der Waals surface area contributed by atoms with Gasteiger partial charge in [0.1, 0.15) is 0 Å². The minimum atomic E-state index is -7.22. The molecule has 2 rings (SSSR count). The van der Waals surface area contributed by atoms with Crippen LogP contribution >= 0.6 is 24.2 Å². The van der Waals surface area contributed by atoms with Gasteiger partial charge >= 0.3 is 30.1 Å². The third-order valence-corrected chi connectivity index (χ3v) is 5.29. The van der Waals surface area contributed by atoms with E-state index in [0.717, 1.165) is 12.1 Å². The smallest absolute Gasteiger partial charge is 0.398 e. The van der Waals surface area contributed by atoms with Crippen LogP contribution in [-0.2, 0) is 11.8 Å². The van der Waals surface area contributed by atoms with Crippen LogP contribution in [0.2, 0.25) is 5.02 Å². The molecule has 1 atom stereocenters. The Morgan fingerprint density at radius 2 is 1.43 bits per heavy atom. The Bertz CT molecular complexity index is 1150. The first kappa shape index (κ1) is 28.7. The van der Waals surface area contributed by atoms with Crippen molar-refractivity contribution in [1.29, 1.82) is 0 Å². The highest BCUT2D eigenvalue weighted by molar-refractivity contribution is 7.80. The number of alkyl halides is 12. The molecule has 2 aromatic rings. The van der Waals surface area contributed by atoms with Gasteiger partial charge in [-0.25, -0.2) is 4.39 Å². The highest BCUT2D eigenvalue weighted by Crippen LogP contribution is 2.59. The van der Waals surface area contributed by atoms with E-state index in [9.17, 15) is 57.5 Å². The monoisotopic (exact) mass is 564 g/mol. The van der Waals surface area contributed by atoms with Gasteiger partial charge in [-0.3, -0.25) is 4.79 Å². The van der Waals surface area contributed by atoms with Crippen molar-refractivity contribution in [2.45, 2.75) is 35.0 Å². The topological polar surface area (TPSA) is 55.1 Å². The summed E-state index contributed by atoms with van der Waals surface area (Å²) in [5.74, 6) is -8.67. The number of hydrogen-bond acceptors (Lipinski definition) is 3. The molecule has 1 unspecified atom stereocenters. The zero-order valence-electron chi connectivity index (χ0n) is 16.2. The van der Waals surface area contributed by atoms with Gasteiger partial charge in [0, 0.05) is 10.5 Å². The quantitative estimate of drug-likeness (QED) is 0.206. The van der Waals surface area contributed by atoms with Crippen molar-refractivity contribution >= 4 is 41.5 Å². The zero-order chi connectivity index (χ0) is 27.4. The molecule has 0 spiro atoms. The van der Waals surface area contributed by atoms with E-state index in [0.29, 0.717) is 0 Å². The van der Waals surface area contributed by atoms with E-state index in [1.54, 1.807) is 5.32 Å². The first-order valence-electron chi connectivity index (χ1n) is 8.57.